The first-order chi connectivity index (χ1) is 7.90. The number of carbonyl (C=O) groups excluding carboxylic acids is 1. The van der Waals surface area contributed by atoms with Crippen LogP contribution in [0.15, 0.2) is 18.3 Å². The van der Waals surface area contributed by atoms with E-state index in [0.717, 1.165) is 0 Å². The van der Waals surface area contributed by atoms with Gasteiger partial charge < -0.3 is 10.1 Å². The van der Waals surface area contributed by atoms with Crippen molar-refractivity contribution in [3.8, 4) is 6.07 Å². The number of nitrogens with zero attached hydrogens (tertiary/aromatic N) is 2. The molecule has 1 rings (SSSR count). The molecular weight excluding hydrogens is 218 g/mol. The third-order valence-corrected chi connectivity index (χ3v) is 1.72. The van der Waals surface area contributed by atoms with Crippen LogP contribution >= 0.6 is 0 Å². The summed E-state index contributed by atoms with van der Waals surface area (Å²) >= 11 is 0. The predicted molar refractivity (Wildman–Crippen MR) is 63.3 cm³/mol. The molecular formula is C12H15N3O2. The number of aromatic nitrogens is 1. The van der Waals surface area contributed by atoms with E-state index in [0.29, 0.717) is 11.4 Å². The van der Waals surface area contributed by atoms with Gasteiger partial charge in [-0.05, 0) is 32.9 Å². The molecule has 1 aromatic heterocycles. The van der Waals surface area contributed by atoms with E-state index in [1.807, 2.05) is 6.07 Å². The van der Waals surface area contributed by atoms with E-state index in [9.17, 15) is 4.79 Å². The molecule has 5 heteroatoms. The molecule has 90 valence electrons. The van der Waals surface area contributed by atoms with Gasteiger partial charge in [-0.15, -0.1) is 0 Å². The van der Waals surface area contributed by atoms with E-state index in [1.54, 1.807) is 32.9 Å². The summed E-state index contributed by atoms with van der Waals surface area (Å²) < 4.78 is 5.12. The molecule has 1 N–H and O–H groups in total. The first-order valence-electron chi connectivity index (χ1n) is 5.22. The highest BCUT2D eigenvalue weighted by molar-refractivity contribution is 5.75. The lowest BCUT2D eigenvalue weighted by Crippen LogP contribution is -2.28. The topological polar surface area (TPSA) is 75.0 Å². The lowest BCUT2D eigenvalue weighted by molar-refractivity contribution is -0.152. The average molecular weight is 233 g/mol. The number of rotatable bonds is 3. The summed E-state index contributed by atoms with van der Waals surface area (Å²) in [5, 5.41) is 11.5. The predicted octanol–water partition coefficient (Wildman–Crippen LogP) is 1.71. The van der Waals surface area contributed by atoms with Gasteiger partial charge in [0.15, 0.2) is 0 Å². The van der Waals surface area contributed by atoms with Gasteiger partial charge >= 0.3 is 5.97 Å². The van der Waals surface area contributed by atoms with Crippen LogP contribution in [0.5, 0.6) is 0 Å². The zero-order valence-corrected chi connectivity index (χ0v) is 10.2. The molecule has 1 heterocycles. The van der Waals surface area contributed by atoms with Crippen molar-refractivity contribution in [1.82, 2.24) is 4.98 Å². The number of carbonyl (C=O) groups is 1. The fourth-order valence-electron chi connectivity index (χ4n) is 1.14. The maximum atomic E-state index is 11.4. The lowest BCUT2D eigenvalue weighted by Gasteiger charge is -2.19. The van der Waals surface area contributed by atoms with Crippen molar-refractivity contribution in [2.24, 2.45) is 0 Å². The number of nitrogens with one attached hydrogen (secondary N) is 1. The fourth-order valence-corrected chi connectivity index (χ4v) is 1.14. The Bertz CT molecular complexity index is 444. The van der Waals surface area contributed by atoms with Crippen LogP contribution < -0.4 is 5.32 Å². The van der Waals surface area contributed by atoms with E-state index >= 15 is 0 Å². The summed E-state index contributed by atoms with van der Waals surface area (Å²) in [4.78, 5) is 15.4. The number of anilines is 1. The second kappa shape index (κ2) is 5.30. The van der Waals surface area contributed by atoms with Gasteiger partial charge in [-0.1, -0.05) is 0 Å². The second-order valence-corrected chi connectivity index (χ2v) is 4.48. The summed E-state index contributed by atoms with van der Waals surface area (Å²) in [5.74, 6) is 0.122. The van der Waals surface area contributed by atoms with Crippen LogP contribution in [-0.2, 0) is 9.53 Å². The molecule has 0 saturated heterocycles. The summed E-state index contributed by atoms with van der Waals surface area (Å²) in [6.07, 6.45) is 1.51. The second-order valence-electron chi connectivity index (χ2n) is 4.48. The Morgan fingerprint density at radius 1 is 1.59 bits per heavy atom. The van der Waals surface area contributed by atoms with Crippen LogP contribution in [0.4, 0.5) is 5.82 Å². The molecule has 5 nitrogen and oxygen atoms in total. The zero-order valence-electron chi connectivity index (χ0n) is 10.2. The first kappa shape index (κ1) is 13.0. The van der Waals surface area contributed by atoms with Crippen molar-refractivity contribution >= 4 is 11.8 Å². The van der Waals surface area contributed by atoms with Crippen LogP contribution in [0.2, 0.25) is 0 Å². The van der Waals surface area contributed by atoms with Crippen molar-refractivity contribution in [2.75, 3.05) is 11.9 Å². The Hall–Kier alpha value is -2.09. The van der Waals surface area contributed by atoms with E-state index in [2.05, 4.69) is 10.3 Å². The van der Waals surface area contributed by atoms with Crippen LogP contribution in [-0.4, -0.2) is 23.1 Å². The van der Waals surface area contributed by atoms with Gasteiger partial charge in [0.2, 0.25) is 0 Å². The number of nitriles is 1. The van der Waals surface area contributed by atoms with Gasteiger partial charge in [0.25, 0.3) is 0 Å². The van der Waals surface area contributed by atoms with Crippen molar-refractivity contribution in [1.29, 1.82) is 5.26 Å². The van der Waals surface area contributed by atoms with Gasteiger partial charge in [-0.3, -0.25) is 4.79 Å². The maximum Gasteiger partial charge on any atom is 0.325 e. The first-order valence-corrected chi connectivity index (χ1v) is 5.22. The minimum absolute atomic E-state index is 0.0269. The number of esters is 1. The molecule has 0 unspecified atom stereocenters. The third kappa shape index (κ3) is 4.98. The molecule has 0 aliphatic carbocycles. The van der Waals surface area contributed by atoms with Gasteiger partial charge in [-0.25, -0.2) is 4.98 Å². The molecule has 1 aromatic rings. The third-order valence-electron chi connectivity index (χ3n) is 1.72. The Balaban J connectivity index is 2.51. The highest BCUT2D eigenvalue weighted by Gasteiger charge is 2.15. The largest absolute Gasteiger partial charge is 0.459 e. The molecule has 0 radical (unpaired) electrons. The zero-order chi connectivity index (χ0) is 12.9. The minimum atomic E-state index is -0.499. The molecule has 0 atom stereocenters. The van der Waals surface area contributed by atoms with Crippen LogP contribution in [0.25, 0.3) is 0 Å². The molecule has 0 aliphatic heterocycles. The molecule has 17 heavy (non-hydrogen) atoms. The van der Waals surface area contributed by atoms with E-state index in [4.69, 9.17) is 10.00 Å². The van der Waals surface area contributed by atoms with Gasteiger partial charge in [0.1, 0.15) is 18.0 Å². The lowest BCUT2D eigenvalue weighted by atomic mass is 10.2. The maximum absolute atomic E-state index is 11.4. The summed E-state index contributed by atoms with van der Waals surface area (Å²) in [6.45, 7) is 5.44. The highest BCUT2D eigenvalue weighted by atomic mass is 16.6. The van der Waals surface area contributed by atoms with Crippen molar-refractivity contribution in [3.05, 3.63) is 23.9 Å². The van der Waals surface area contributed by atoms with Crippen molar-refractivity contribution in [2.45, 2.75) is 26.4 Å². The van der Waals surface area contributed by atoms with E-state index in [-0.39, 0.29) is 12.5 Å². The number of hydrogen-bond donors (Lipinski definition) is 1. The fraction of sp³-hybridized carbons (Fsp3) is 0.417. The molecule has 0 aliphatic rings. The average Bonchev–Trinajstić information content (AvgIpc) is 2.24. The van der Waals surface area contributed by atoms with E-state index in [1.165, 1.54) is 6.20 Å². The quantitative estimate of drug-likeness (QED) is 0.804. The number of ether oxygens (including phenoxy) is 1. The van der Waals surface area contributed by atoms with Crippen LogP contribution in [0.3, 0.4) is 0 Å². The number of pyridine rings is 1. The smallest absolute Gasteiger partial charge is 0.325 e. The summed E-state index contributed by atoms with van der Waals surface area (Å²) in [5.41, 5.74) is -0.00701. The summed E-state index contributed by atoms with van der Waals surface area (Å²) in [6, 6.07) is 5.17. The van der Waals surface area contributed by atoms with Gasteiger partial charge in [0.05, 0.1) is 11.6 Å². The summed E-state index contributed by atoms with van der Waals surface area (Å²) in [7, 11) is 0. The monoisotopic (exact) mass is 233 g/mol. The number of hydrogen-bond acceptors (Lipinski definition) is 5. The molecule has 0 bridgehead atoms. The SMILES string of the molecule is CC(C)(C)OC(=O)CNc1cc(C#N)ccn1. The molecule has 0 spiro atoms. The molecule has 0 aromatic carbocycles. The Morgan fingerprint density at radius 3 is 2.88 bits per heavy atom. The van der Waals surface area contributed by atoms with Gasteiger partial charge in [0, 0.05) is 6.20 Å². The Kier molecular flexibility index (Phi) is 4.05. The Morgan fingerprint density at radius 2 is 2.29 bits per heavy atom. The van der Waals surface area contributed by atoms with Gasteiger partial charge in [-0.2, -0.15) is 5.26 Å². The Labute approximate surface area is 100 Å². The standard InChI is InChI=1S/C12H15N3O2/c1-12(2,3)17-11(16)8-15-10-6-9(7-13)4-5-14-10/h4-6H,8H2,1-3H3,(H,14,15). The van der Waals surface area contributed by atoms with Crippen molar-refractivity contribution < 1.29 is 9.53 Å². The molecule has 0 saturated carbocycles. The van der Waals surface area contributed by atoms with Crippen molar-refractivity contribution in [3.63, 3.8) is 0 Å². The van der Waals surface area contributed by atoms with E-state index < -0.39 is 5.60 Å². The van der Waals surface area contributed by atoms with Crippen LogP contribution in [0, 0.1) is 11.3 Å². The molecule has 0 fully saturated rings. The normalized spacial score (nSPS) is 10.5. The highest BCUT2D eigenvalue weighted by Crippen LogP contribution is 2.08. The van der Waals surface area contributed by atoms with Crippen LogP contribution in [0.1, 0.15) is 26.3 Å². The molecule has 0 amide bonds. The minimum Gasteiger partial charge on any atom is -0.459 e.